The van der Waals surface area contributed by atoms with Crippen LogP contribution < -0.4 is 10.6 Å². The van der Waals surface area contributed by atoms with Gasteiger partial charge < -0.3 is 10.6 Å². The first-order valence-corrected chi connectivity index (χ1v) is 11.0. The second-order valence-corrected chi connectivity index (χ2v) is 9.03. The van der Waals surface area contributed by atoms with E-state index in [0.29, 0.717) is 23.9 Å². The molecule has 2 nitrogen and oxygen atoms in total. The molecule has 0 aliphatic rings. The zero-order valence-electron chi connectivity index (χ0n) is 18.8. The van der Waals surface area contributed by atoms with Gasteiger partial charge in [0.15, 0.2) is 0 Å². The van der Waals surface area contributed by atoms with Gasteiger partial charge in [-0.05, 0) is 60.8 Å². The number of hydrogen-bond acceptors (Lipinski definition) is 2. The molecule has 0 saturated heterocycles. The highest BCUT2D eigenvalue weighted by atomic mass is 15.0. The highest BCUT2D eigenvalue weighted by molar-refractivity contribution is 5.26. The quantitative estimate of drug-likeness (QED) is 0.461. The SMILES string of the molecule is CC(C)Cc1ccc(C(C)NCCNC(C)c2ccc(CC(C)C)cc2)cc1. The third-order valence-corrected chi connectivity index (χ3v) is 5.27. The minimum Gasteiger partial charge on any atom is -0.309 e. The van der Waals surface area contributed by atoms with Crippen molar-refractivity contribution in [3.05, 3.63) is 70.8 Å². The maximum absolute atomic E-state index is 3.63. The van der Waals surface area contributed by atoms with Gasteiger partial charge >= 0.3 is 0 Å². The largest absolute Gasteiger partial charge is 0.309 e. The molecule has 154 valence electrons. The Morgan fingerprint density at radius 3 is 1.14 bits per heavy atom. The summed E-state index contributed by atoms with van der Waals surface area (Å²) >= 11 is 0. The van der Waals surface area contributed by atoms with Crippen LogP contribution in [0.1, 0.15) is 75.9 Å². The van der Waals surface area contributed by atoms with Gasteiger partial charge in [-0.15, -0.1) is 0 Å². The summed E-state index contributed by atoms with van der Waals surface area (Å²) in [6.07, 6.45) is 2.31. The fourth-order valence-corrected chi connectivity index (χ4v) is 3.64. The Morgan fingerprint density at radius 1 is 0.536 bits per heavy atom. The third kappa shape index (κ3) is 7.77. The Morgan fingerprint density at radius 2 is 0.857 bits per heavy atom. The van der Waals surface area contributed by atoms with Gasteiger partial charge in [0.05, 0.1) is 0 Å². The molecular weight excluding hydrogens is 340 g/mol. The number of benzene rings is 2. The molecule has 0 aliphatic carbocycles. The first-order valence-electron chi connectivity index (χ1n) is 11.0. The lowest BCUT2D eigenvalue weighted by molar-refractivity contribution is 0.511. The van der Waals surface area contributed by atoms with Crippen LogP contribution in [0, 0.1) is 11.8 Å². The van der Waals surface area contributed by atoms with E-state index >= 15 is 0 Å². The summed E-state index contributed by atoms with van der Waals surface area (Å²) < 4.78 is 0. The van der Waals surface area contributed by atoms with Crippen molar-refractivity contribution >= 4 is 0 Å². The molecule has 2 rings (SSSR count). The van der Waals surface area contributed by atoms with E-state index < -0.39 is 0 Å². The molecule has 0 aromatic heterocycles. The Hall–Kier alpha value is -1.64. The Balaban J connectivity index is 1.72. The number of hydrogen-bond donors (Lipinski definition) is 2. The molecule has 0 amide bonds. The van der Waals surface area contributed by atoms with Gasteiger partial charge in [-0.25, -0.2) is 0 Å². The Kier molecular flexibility index (Phi) is 9.21. The molecule has 0 heterocycles. The van der Waals surface area contributed by atoms with Crippen LogP contribution in [0.25, 0.3) is 0 Å². The molecule has 2 aromatic rings. The maximum atomic E-state index is 3.63. The summed E-state index contributed by atoms with van der Waals surface area (Å²) in [6, 6.07) is 18.9. The molecule has 0 fully saturated rings. The molecule has 0 saturated carbocycles. The van der Waals surface area contributed by atoms with E-state index in [2.05, 4.69) is 101 Å². The first-order chi connectivity index (χ1) is 13.3. The lowest BCUT2D eigenvalue weighted by atomic mass is 10.00. The number of rotatable bonds is 11. The van der Waals surface area contributed by atoms with Gasteiger partial charge in [-0.2, -0.15) is 0 Å². The van der Waals surface area contributed by atoms with Crippen LogP contribution in [0.4, 0.5) is 0 Å². The van der Waals surface area contributed by atoms with Gasteiger partial charge in [0.2, 0.25) is 0 Å². The normalized spacial score (nSPS) is 13.9. The van der Waals surface area contributed by atoms with Crippen molar-refractivity contribution in [2.24, 2.45) is 11.8 Å². The molecule has 2 aromatic carbocycles. The predicted octanol–water partition coefficient (Wildman–Crippen LogP) is 6.09. The summed E-state index contributed by atoms with van der Waals surface area (Å²) in [5.41, 5.74) is 5.59. The van der Waals surface area contributed by atoms with Crippen molar-refractivity contribution in [1.82, 2.24) is 10.6 Å². The molecule has 0 aliphatic heterocycles. The Labute approximate surface area is 173 Å². The van der Waals surface area contributed by atoms with E-state index in [9.17, 15) is 0 Å². The molecule has 0 bridgehead atoms. The lowest BCUT2D eigenvalue weighted by Crippen LogP contribution is -2.30. The van der Waals surface area contributed by atoms with Crippen LogP contribution in [-0.4, -0.2) is 13.1 Å². The second kappa shape index (κ2) is 11.4. The van der Waals surface area contributed by atoms with E-state index in [1.54, 1.807) is 0 Å². The monoisotopic (exact) mass is 380 g/mol. The van der Waals surface area contributed by atoms with Gasteiger partial charge in [0.25, 0.3) is 0 Å². The summed E-state index contributed by atoms with van der Waals surface area (Å²) in [5.74, 6) is 1.42. The molecule has 2 heteroatoms. The predicted molar refractivity (Wildman–Crippen MR) is 123 cm³/mol. The van der Waals surface area contributed by atoms with Crippen molar-refractivity contribution in [3.8, 4) is 0 Å². The van der Waals surface area contributed by atoms with Gasteiger partial charge in [-0.1, -0.05) is 76.2 Å². The summed E-state index contributed by atoms with van der Waals surface area (Å²) in [5, 5.41) is 7.27. The van der Waals surface area contributed by atoms with Crippen molar-refractivity contribution in [2.45, 2.75) is 66.5 Å². The minimum atomic E-state index is 0.375. The van der Waals surface area contributed by atoms with Crippen molar-refractivity contribution in [1.29, 1.82) is 0 Å². The highest BCUT2D eigenvalue weighted by Crippen LogP contribution is 2.17. The van der Waals surface area contributed by atoms with Gasteiger partial charge in [0.1, 0.15) is 0 Å². The van der Waals surface area contributed by atoms with Crippen molar-refractivity contribution in [2.75, 3.05) is 13.1 Å². The minimum absolute atomic E-state index is 0.375. The average molecular weight is 381 g/mol. The summed E-state index contributed by atoms with van der Waals surface area (Å²) in [6.45, 7) is 15.5. The van der Waals surface area contributed by atoms with Crippen LogP contribution in [-0.2, 0) is 12.8 Å². The maximum Gasteiger partial charge on any atom is 0.0292 e. The topological polar surface area (TPSA) is 24.1 Å². The fraction of sp³-hybridized carbons (Fsp3) is 0.538. The van der Waals surface area contributed by atoms with Crippen LogP contribution in [0.15, 0.2) is 48.5 Å². The van der Waals surface area contributed by atoms with E-state index in [4.69, 9.17) is 0 Å². The van der Waals surface area contributed by atoms with Gasteiger partial charge in [-0.3, -0.25) is 0 Å². The molecule has 28 heavy (non-hydrogen) atoms. The molecule has 0 spiro atoms. The number of nitrogens with one attached hydrogen (secondary N) is 2. The van der Waals surface area contributed by atoms with Crippen molar-refractivity contribution < 1.29 is 0 Å². The summed E-state index contributed by atoms with van der Waals surface area (Å²) in [4.78, 5) is 0. The molecule has 2 unspecified atom stereocenters. The first kappa shape index (κ1) is 22.6. The molecule has 2 N–H and O–H groups in total. The van der Waals surface area contributed by atoms with Crippen LogP contribution in [0.2, 0.25) is 0 Å². The van der Waals surface area contributed by atoms with E-state index in [-0.39, 0.29) is 0 Å². The Bertz CT molecular complexity index is 609. The molecular formula is C26H40N2. The van der Waals surface area contributed by atoms with Crippen LogP contribution in [0.5, 0.6) is 0 Å². The van der Waals surface area contributed by atoms with Crippen LogP contribution >= 0.6 is 0 Å². The van der Waals surface area contributed by atoms with Crippen molar-refractivity contribution in [3.63, 3.8) is 0 Å². The standard InChI is InChI=1S/C26H40N2/c1-19(2)17-23-7-11-25(12-8-23)21(5)27-15-16-28-22(6)26-13-9-24(10-14-26)18-20(3)4/h7-14,19-22,27-28H,15-18H2,1-6H3. The second-order valence-electron chi connectivity index (χ2n) is 9.03. The van der Waals surface area contributed by atoms with E-state index in [0.717, 1.165) is 25.9 Å². The average Bonchev–Trinajstić information content (AvgIpc) is 2.65. The highest BCUT2D eigenvalue weighted by Gasteiger charge is 2.07. The van der Waals surface area contributed by atoms with Crippen LogP contribution in [0.3, 0.4) is 0 Å². The van der Waals surface area contributed by atoms with E-state index in [1.165, 1.54) is 22.3 Å². The van der Waals surface area contributed by atoms with Gasteiger partial charge in [0, 0.05) is 25.2 Å². The third-order valence-electron chi connectivity index (χ3n) is 5.27. The zero-order chi connectivity index (χ0) is 20.5. The smallest absolute Gasteiger partial charge is 0.0292 e. The summed E-state index contributed by atoms with van der Waals surface area (Å²) in [7, 11) is 0. The molecule has 0 radical (unpaired) electrons. The zero-order valence-corrected chi connectivity index (χ0v) is 18.8. The lowest BCUT2D eigenvalue weighted by Gasteiger charge is -2.18. The molecule has 2 atom stereocenters. The fourth-order valence-electron chi connectivity index (χ4n) is 3.64. The van der Waals surface area contributed by atoms with E-state index in [1.807, 2.05) is 0 Å².